The van der Waals surface area contributed by atoms with Gasteiger partial charge in [0.25, 0.3) is 0 Å². The maximum atomic E-state index is 12.7. The van der Waals surface area contributed by atoms with Gasteiger partial charge in [-0.1, -0.05) is 10.3 Å². The van der Waals surface area contributed by atoms with Crippen molar-refractivity contribution in [2.75, 3.05) is 6.61 Å². The number of rotatable bonds is 9. The molecule has 13 heteroatoms. The average molecular weight is 488 g/mol. The van der Waals surface area contributed by atoms with Gasteiger partial charge in [-0.2, -0.15) is 18.2 Å². The molecule has 3 aromatic rings. The van der Waals surface area contributed by atoms with Gasteiger partial charge in [0.1, 0.15) is 5.75 Å². The molecular weight excluding hydrogens is 465 g/mol. The number of halogens is 3. The highest BCUT2D eigenvalue weighted by atomic mass is 32.2. The van der Waals surface area contributed by atoms with E-state index in [4.69, 9.17) is 9.15 Å². The lowest BCUT2D eigenvalue weighted by atomic mass is 10.1. The third kappa shape index (κ3) is 5.70. The number of benzene rings is 1. The minimum atomic E-state index is -4.70. The number of hydrogen-bond donors (Lipinski definition) is 0. The molecule has 0 spiro atoms. The van der Waals surface area contributed by atoms with Crippen molar-refractivity contribution in [1.82, 2.24) is 20.3 Å². The number of unbranched alkanes of at least 4 members (excludes halogenated alkanes) is 1. The lowest BCUT2D eigenvalue weighted by Gasteiger charge is -2.13. The Labute approximate surface area is 188 Å². The van der Waals surface area contributed by atoms with Gasteiger partial charge in [0, 0.05) is 12.0 Å². The van der Waals surface area contributed by atoms with E-state index in [1.54, 1.807) is 26.0 Å². The van der Waals surface area contributed by atoms with Crippen LogP contribution in [0.15, 0.2) is 26.3 Å². The number of aromatic nitrogens is 4. The summed E-state index contributed by atoms with van der Waals surface area (Å²) in [7, 11) is -3.60. The quantitative estimate of drug-likeness (QED) is 0.405. The largest absolute Gasteiger partial charge is 0.493 e. The normalized spacial score (nSPS) is 12.5. The van der Waals surface area contributed by atoms with E-state index in [2.05, 4.69) is 24.9 Å². The molecule has 0 aliphatic heterocycles. The summed E-state index contributed by atoms with van der Waals surface area (Å²) >= 11 is 0. The molecule has 0 saturated carbocycles. The van der Waals surface area contributed by atoms with E-state index in [-0.39, 0.29) is 16.9 Å². The molecule has 0 radical (unpaired) electrons. The molecule has 0 unspecified atom stereocenters. The van der Waals surface area contributed by atoms with Crippen molar-refractivity contribution < 1.29 is 35.3 Å². The standard InChI is InChI=1S/C20H23F3N4O5S/c1-11(2)33(28,29)19-26-25-15(31-19)7-5-6-8-30-16-12(3)9-14(10-13(16)4)17-24-18(32-27-17)20(21,22)23/h9-11H,5-8H2,1-4H3. The van der Waals surface area contributed by atoms with E-state index in [9.17, 15) is 21.6 Å². The zero-order chi connectivity index (χ0) is 24.4. The number of sulfone groups is 1. The number of alkyl halides is 3. The summed E-state index contributed by atoms with van der Waals surface area (Å²) in [6.45, 7) is 6.98. The molecule has 0 aliphatic rings. The Kier molecular flexibility index (Phi) is 7.10. The van der Waals surface area contributed by atoms with Crippen molar-refractivity contribution in [3.63, 3.8) is 0 Å². The van der Waals surface area contributed by atoms with Crippen LogP contribution in [-0.2, 0) is 22.4 Å². The van der Waals surface area contributed by atoms with E-state index in [1.807, 2.05) is 0 Å². The maximum absolute atomic E-state index is 12.7. The summed E-state index contributed by atoms with van der Waals surface area (Å²) in [5, 5.41) is 9.77. The first-order valence-electron chi connectivity index (χ1n) is 10.1. The molecule has 0 aliphatic carbocycles. The van der Waals surface area contributed by atoms with Crippen molar-refractivity contribution in [1.29, 1.82) is 0 Å². The zero-order valence-corrected chi connectivity index (χ0v) is 19.2. The minimum absolute atomic E-state index is 0.154. The van der Waals surface area contributed by atoms with Gasteiger partial charge in [0.05, 0.1) is 11.9 Å². The van der Waals surface area contributed by atoms with E-state index < -0.39 is 27.2 Å². The molecule has 2 heterocycles. The van der Waals surface area contributed by atoms with Crippen LogP contribution in [0.2, 0.25) is 0 Å². The second-order valence-corrected chi connectivity index (χ2v) is 10.1. The number of hydrogen-bond acceptors (Lipinski definition) is 9. The van der Waals surface area contributed by atoms with Crippen LogP contribution >= 0.6 is 0 Å². The van der Waals surface area contributed by atoms with Crippen molar-refractivity contribution in [3.05, 3.63) is 35.0 Å². The van der Waals surface area contributed by atoms with Gasteiger partial charge in [-0.3, -0.25) is 0 Å². The van der Waals surface area contributed by atoms with Gasteiger partial charge in [0.15, 0.2) is 0 Å². The molecule has 0 amide bonds. The van der Waals surface area contributed by atoms with Gasteiger partial charge < -0.3 is 13.7 Å². The summed E-state index contributed by atoms with van der Waals surface area (Å²) in [6.07, 6.45) is -3.04. The van der Waals surface area contributed by atoms with Crippen molar-refractivity contribution in [2.24, 2.45) is 0 Å². The monoisotopic (exact) mass is 488 g/mol. The Morgan fingerprint density at radius 3 is 2.33 bits per heavy atom. The summed E-state index contributed by atoms with van der Waals surface area (Å²) in [4.78, 5) is 3.40. The molecule has 3 rings (SSSR count). The fraction of sp³-hybridized carbons (Fsp3) is 0.500. The van der Waals surface area contributed by atoms with E-state index >= 15 is 0 Å². The molecule has 33 heavy (non-hydrogen) atoms. The second kappa shape index (κ2) is 9.49. The van der Waals surface area contributed by atoms with Crippen molar-refractivity contribution >= 4 is 9.84 Å². The van der Waals surface area contributed by atoms with Crippen LogP contribution in [0.5, 0.6) is 5.75 Å². The smallest absolute Gasteiger partial charge is 0.471 e. The number of aryl methyl sites for hydroxylation is 3. The molecule has 0 atom stereocenters. The molecule has 180 valence electrons. The van der Waals surface area contributed by atoms with Crippen LogP contribution in [0.3, 0.4) is 0 Å². The first kappa shape index (κ1) is 24.7. The zero-order valence-electron chi connectivity index (χ0n) is 18.4. The predicted octanol–water partition coefficient (Wildman–Crippen LogP) is 4.34. The van der Waals surface area contributed by atoms with E-state index in [1.165, 1.54) is 13.8 Å². The highest BCUT2D eigenvalue weighted by Gasteiger charge is 2.38. The summed E-state index contributed by atoms with van der Waals surface area (Å²) in [5.41, 5.74) is 1.81. The average Bonchev–Trinajstić information content (AvgIpc) is 3.39. The van der Waals surface area contributed by atoms with Gasteiger partial charge >= 0.3 is 17.3 Å². The molecule has 0 bridgehead atoms. The van der Waals surface area contributed by atoms with Gasteiger partial charge in [0.2, 0.25) is 21.6 Å². The molecular formula is C20H23F3N4O5S. The topological polar surface area (TPSA) is 121 Å². The highest BCUT2D eigenvalue weighted by Crippen LogP contribution is 2.32. The van der Waals surface area contributed by atoms with E-state index in [0.717, 1.165) is 0 Å². The molecule has 9 nitrogen and oxygen atoms in total. The lowest BCUT2D eigenvalue weighted by Crippen LogP contribution is -2.14. The van der Waals surface area contributed by atoms with Crippen LogP contribution in [0, 0.1) is 13.8 Å². The van der Waals surface area contributed by atoms with Gasteiger partial charge in [-0.15, -0.1) is 5.10 Å². The van der Waals surface area contributed by atoms with E-state index in [0.29, 0.717) is 48.3 Å². The third-order valence-electron chi connectivity index (χ3n) is 4.73. The lowest BCUT2D eigenvalue weighted by molar-refractivity contribution is -0.159. The van der Waals surface area contributed by atoms with Crippen LogP contribution in [0.25, 0.3) is 11.4 Å². The number of nitrogens with zero attached hydrogens (tertiary/aromatic N) is 4. The fourth-order valence-electron chi connectivity index (χ4n) is 2.97. The predicted molar refractivity (Wildman–Crippen MR) is 109 cm³/mol. The van der Waals surface area contributed by atoms with Crippen LogP contribution in [-0.4, -0.2) is 40.6 Å². The highest BCUT2D eigenvalue weighted by molar-refractivity contribution is 7.91. The van der Waals surface area contributed by atoms with Crippen molar-refractivity contribution in [3.8, 4) is 17.1 Å². The first-order valence-corrected chi connectivity index (χ1v) is 11.7. The van der Waals surface area contributed by atoms with Gasteiger partial charge in [-0.05, 0) is 63.8 Å². The Morgan fingerprint density at radius 1 is 1.09 bits per heavy atom. The summed E-state index contributed by atoms with van der Waals surface area (Å²) in [6, 6.07) is 3.25. The van der Waals surface area contributed by atoms with Gasteiger partial charge in [-0.25, -0.2) is 8.42 Å². The molecule has 0 saturated heterocycles. The molecule has 2 aromatic heterocycles. The SMILES string of the molecule is Cc1cc(-c2noc(C(F)(F)F)n2)cc(C)c1OCCCCc1nnc(S(=O)(=O)C(C)C)o1. The van der Waals surface area contributed by atoms with Crippen LogP contribution in [0.4, 0.5) is 13.2 Å². The second-order valence-electron chi connectivity index (χ2n) is 7.72. The van der Waals surface area contributed by atoms with Crippen molar-refractivity contribution in [2.45, 2.75) is 63.6 Å². The molecule has 0 fully saturated rings. The first-order chi connectivity index (χ1) is 15.4. The van der Waals surface area contributed by atoms with Crippen LogP contribution in [0.1, 0.15) is 49.6 Å². The van der Waals surface area contributed by atoms with Crippen LogP contribution < -0.4 is 4.74 Å². The number of ether oxygens (including phenoxy) is 1. The molecule has 1 aromatic carbocycles. The minimum Gasteiger partial charge on any atom is -0.493 e. The third-order valence-corrected chi connectivity index (χ3v) is 6.62. The Hall–Kier alpha value is -2.96. The summed E-state index contributed by atoms with van der Waals surface area (Å²) in [5.74, 6) is -0.701. The fourth-order valence-corrected chi connectivity index (χ4v) is 3.74. The Morgan fingerprint density at radius 2 is 1.76 bits per heavy atom. The Balaban J connectivity index is 1.55. The Bertz CT molecular complexity index is 1200. The molecule has 0 N–H and O–H groups in total. The summed E-state index contributed by atoms with van der Waals surface area (Å²) < 4.78 is 77.5. The maximum Gasteiger partial charge on any atom is 0.471 e.